The highest BCUT2D eigenvalue weighted by Crippen LogP contribution is 2.31. The van der Waals surface area contributed by atoms with Gasteiger partial charge < -0.3 is 20.1 Å². The molecule has 0 spiro atoms. The number of ether oxygens (including phenoxy) is 1. The lowest BCUT2D eigenvalue weighted by Gasteiger charge is -2.26. The molecule has 0 atom stereocenters. The minimum absolute atomic E-state index is 0.0242. The van der Waals surface area contributed by atoms with Gasteiger partial charge >= 0.3 is 0 Å². The largest absolute Gasteiger partial charge is 0.507 e. The zero-order valence-corrected chi connectivity index (χ0v) is 16.5. The number of aromatic hydroxyl groups is 1. The molecule has 3 aromatic rings. The molecule has 0 radical (unpaired) electrons. The second-order valence-corrected chi connectivity index (χ2v) is 8.07. The summed E-state index contributed by atoms with van der Waals surface area (Å²) in [5.41, 5.74) is 0.527. The molecule has 0 bridgehead atoms. The summed E-state index contributed by atoms with van der Waals surface area (Å²) in [7, 11) is -4.46. The van der Waals surface area contributed by atoms with Crippen LogP contribution >= 0.6 is 11.6 Å². The molecule has 12 heteroatoms. The van der Waals surface area contributed by atoms with Crippen LogP contribution in [0.4, 0.5) is 17.6 Å². The Morgan fingerprint density at radius 3 is 2.59 bits per heavy atom. The van der Waals surface area contributed by atoms with Crippen molar-refractivity contribution in [1.29, 1.82) is 0 Å². The van der Waals surface area contributed by atoms with Crippen molar-refractivity contribution < 1.29 is 22.8 Å². The fourth-order valence-electron chi connectivity index (χ4n) is 2.98. The molecular formula is C17H16ClN5O5S. The number of hydrogen-bond acceptors (Lipinski definition) is 9. The normalized spacial score (nSPS) is 14.9. The highest BCUT2D eigenvalue weighted by atomic mass is 35.5. The van der Waals surface area contributed by atoms with Crippen LogP contribution in [0, 0.1) is 0 Å². The van der Waals surface area contributed by atoms with E-state index in [2.05, 4.69) is 20.3 Å². The lowest BCUT2D eigenvalue weighted by Crippen LogP contribution is -2.37. The predicted molar refractivity (Wildman–Crippen MR) is 107 cm³/mol. The van der Waals surface area contributed by atoms with Crippen LogP contribution in [0.1, 0.15) is 0 Å². The van der Waals surface area contributed by atoms with Crippen LogP contribution in [0.3, 0.4) is 0 Å². The van der Waals surface area contributed by atoms with Gasteiger partial charge in [-0.05, 0) is 41.3 Å². The van der Waals surface area contributed by atoms with Gasteiger partial charge in [0.05, 0.1) is 18.1 Å². The van der Waals surface area contributed by atoms with Crippen molar-refractivity contribution in [2.45, 2.75) is 4.90 Å². The number of aromatic nitrogens is 3. The van der Waals surface area contributed by atoms with Gasteiger partial charge in [0.2, 0.25) is 17.2 Å². The first kappa shape index (κ1) is 19.6. The highest BCUT2D eigenvalue weighted by molar-refractivity contribution is 7.85. The van der Waals surface area contributed by atoms with Crippen molar-refractivity contribution in [2.24, 2.45) is 0 Å². The van der Waals surface area contributed by atoms with Gasteiger partial charge in [-0.1, -0.05) is 0 Å². The van der Waals surface area contributed by atoms with Crippen LogP contribution in [-0.2, 0) is 14.9 Å². The zero-order valence-electron chi connectivity index (χ0n) is 14.9. The number of nitrogens with one attached hydrogen (secondary N) is 1. The molecule has 4 rings (SSSR count). The molecule has 1 fully saturated rings. The maximum atomic E-state index is 11.4. The minimum Gasteiger partial charge on any atom is -0.507 e. The lowest BCUT2D eigenvalue weighted by atomic mass is 10.1. The van der Waals surface area contributed by atoms with Gasteiger partial charge in [-0.2, -0.15) is 23.4 Å². The number of morpholine rings is 1. The van der Waals surface area contributed by atoms with Crippen LogP contribution < -0.4 is 10.2 Å². The lowest BCUT2D eigenvalue weighted by molar-refractivity contribution is 0.122. The number of fused-ring (bicyclic) bond motifs is 1. The smallest absolute Gasteiger partial charge is 0.294 e. The van der Waals surface area contributed by atoms with E-state index in [-0.39, 0.29) is 17.0 Å². The quantitative estimate of drug-likeness (QED) is 0.520. The standard InChI is InChI=1S/C17H16ClN5O5S/c18-15-20-16(22-17(21-15)23-3-5-28-6-4-23)19-11-1-2-13-10(7-11)8-12(9-14(13)24)29(25,26)27/h1-2,7-9,24H,3-6H2,(H,25,26,27)(H,19,20,21,22). The third kappa shape index (κ3) is 4.32. The topological polar surface area (TPSA) is 138 Å². The molecule has 1 aliphatic rings. The van der Waals surface area contributed by atoms with E-state index in [1.807, 2.05) is 4.90 Å². The maximum absolute atomic E-state index is 11.4. The van der Waals surface area contributed by atoms with Crippen LogP contribution in [0.5, 0.6) is 5.75 Å². The summed E-state index contributed by atoms with van der Waals surface area (Å²) in [6.07, 6.45) is 0. The highest BCUT2D eigenvalue weighted by Gasteiger charge is 2.17. The average molecular weight is 438 g/mol. The molecule has 0 aliphatic carbocycles. The third-order valence-electron chi connectivity index (χ3n) is 4.35. The molecule has 0 unspecified atom stereocenters. The van der Waals surface area contributed by atoms with Gasteiger partial charge in [-0.25, -0.2) is 0 Å². The van der Waals surface area contributed by atoms with E-state index in [4.69, 9.17) is 16.3 Å². The fraction of sp³-hybridized carbons (Fsp3) is 0.235. The second kappa shape index (κ2) is 7.59. The summed E-state index contributed by atoms with van der Waals surface area (Å²) in [4.78, 5) is 14.1. The van der Waals surface area contributed by atoms with E-state index in [1.165, 1.54) is 6.07 Å². The van der Waals surface area contributed by atoms with Crippen LogP contribution in [-0.4, -0.2) is 59.3 Å². The molecule has 3 N–H and O–H groups in total. The Morgan fingerprint density at radius 2 is 1.86 bits per heavy atom. The molecular weight excluding hydrogens is 422 g/mol. The van der Waals surface area contributed by atoms with Gasteiger partial charge in [0.15, 0.2) is 0 Å². The van der Waals surface area contributed by atoms with Crippen molar-refractivity contribution in [1.82, 2.24) is 15.0 Å². The van der Waals surface area contributed by atoms with Crippen molar-refractivity contribution in [2.75, 3.05) is 36.5 Å². The summed E-state index contributed by atoms with van der Waals surface area (Å²) in [5, 5.41) is 13.9. The third-order valence-corrected chi connectivity index (χ3v) is 5.35. The van der Waals surface area contributed by atoms with Gasteiger partial charge in [-0.3, -0.25) is 4.55 Å². The number of phenolic OH excluding ortho intramolecular Hbond substituents is 1. The van der Waals surface area contributed by atoms with Crippen LogP contribution in [0.25, 0.3) is 10.8 Å². The Bertz CT molecular complexity index is 1180. The first-order chi connectivity index (χ1) is 13.8. The summed E-state index contributed by atoms with van der Waals surface area (Å²) in [5.74, 6) is 0.364. The molecule has 10 nitrogen and oxygen atoms in total. The summed E-state index contributed by atoms with van der Waals surface area (Å²) < 4.78 is 37.4. The maximum Gasteiger partial charge on any atom is 0.294 e. The van der Waals surface area contributed by atoms with E-state index in [9.17, 15) is 18.1 Å². The number of rotatable bonds is 4. The van der Waals surface area contributed by atoms with Gasteiger partial charge in [0, 0.05) is 30.2 Å². The summed E-state index contributed by atoms with van der Waals surface area (Å²) in [6, 6.07) is 7.11. The number of phenols is 1. The molecule has 0 saturated carbocycles. The number of anilines is 3. The molecule has 1 saturated heterocycles. The number of nitrogens with zero attached hydrogens (tertiary/aromatic N) is 4. The molecule has 2 aromatic carbocycles. The van der Waals surface area contributed by atoms with Gasteiger partial charge in [-0.15, -0.1) is 0 Å². The molecule has 0 amide bonds. The molecule has 2 heterocycles. The van der Waals surface area contributed by atoms with Crippen molar-refractivity contribution in [3.05, 3.63) is 35.6 Å². The monoisotopic (exact) mass is 437 g/mol. The van der Waals surface area contributed by atoms with Crippen molar-refractivity contribution in [3.63, 3.8) is 0 Å². The zero-order chi connectivity index (χ0) is 20.6. The Kier molecular flexibility index (Phi) is 5.13. The number of benzene rings is 2. The van der Waals surface area contributed by atoms with E-state index < -0.39 is 15.0 Å². The first-order valence-corrected chi connectivity index (χ1v) is 10.4. The Morgan fingerprint density at radius 1 is 1.10 bits per heavy atom. The predicted octanol–water partition coefficient (Wildman–Crippen LogP) is 2.21. The SMILES string of the molecule is O=S(=O)(O)c1cc(O)c2ccc(Nc3nc(Cl)nc(N4CCOCC4)n3)cc2c1. The second-order valence-electron chi connectivity index (χ2n) is 6.31. The number of halogens is 1. The Labute approximate surface area is 170 Å². The number of hydrogen-bond donors (Lipinski definition) is 3. The van der Waals surface area contributed by atoms with E-state index in [0.29, 0.717) is 48.7 Å². The molecule has 1 aromatic heterocycles. The van der Waals surface area contributed by atoms with E-state index in [1.54, 1.807) is 18.2 Å². The molecule has 1 aliphatic heterocycles. The Hall–Kier alpha value is -2.73. The van der Waals surface area contributed by atoms with Gasteiger partial charge in [0.1, 0.15) is 5.75 Å². The van der Waals surface area contributed by atoms with E-state index in [0.717, 1.165) is 6.07 Å². The minimum atomic E-state index is -4.46. The first-order valence-electron chi connectivity index (χ1n) is 8.55. The van der Waals surface area contributed by atoms with E-state index >= 15 is 0 Å². The van der Waals surface area contributed by atoms with Crippen LogP contribution in [0.15, 0.2) is 35.2 Å². The van der Waals surface area contributed by atoms with Crippen molar-refractivity contribution >= 4 is 50.1 Å². The average Bonchev–Trinajstić information content (AvgIpc) is 2.67. The van der Waals surface area contributed by atoms with Gasteiger partial charge in [0.25, 0.3) is 10.1 Å². The molecule has 29 heavy (non-hydrogen) atoms. The molecule has 152 valence electrons. The fourth-order valence-corrected chi connectivity index (χ4v) is 3.67. The summed E-state index contributed by atoms with van der Waals surface area (Å²) >= 11 is 6.03. The Balaban J connectivity index is 1.68. The van der Waals surface area contributed by atoms with Crippen LogP contribution in [0.2, 0.25) is 5.28 Å². The summed E-state index contributed by atoms with van der Waals surface area (Å²) in [6.45, 7) is 2.40. The van der Waals surface area contributed by atoms with Crippen molar-refractivity contribution in [3.8, 4) is 5.75 Å².